The summed E-state index contributed by atoms with van der Waals surface area (Å²) in [6.45, 7) is 1.61. The van der Waals surface area contributed by atoms with Gasteiger partial charge in [0.05, 0.1) is 15.6 Å². The number of hydrogen-bond donors (Lipinski definition) is 0. The van der Waals surface area contributed by atoms with Crippen molar-refractivity contribution in [2.75, 3.05) is 31.1 Å². The lowest BCUT2D eigenvalue weighted by atomic mass is 10.1. The van der Waals surface area contributed by atoms with Crippen LogP contribution in [0.1, 0.15) is 11.3 Å². The van der Waals surface area contributed by atoms with Crippen molar-refractivity contribution in [2.24, 2.45) is 0 Å². The van der Waals surface area contributed by atoms with E-state index in [1.54, 1.807) is 12.1 Å². The molecule has 1 aliphatic rings. The maximum Gasteiger partial charge on any atom is 0.243 e. The zero-order valence-electron chi connectivity index (χ0n) is 16.1. The Kier molecular flexibility index (Phi) is 6.76. The van der Waals surface area contributed by atoms with Gasteiger partial charge in [-0.3, -0.25) is 0 Å². The fourth-order valence-electron chi connectivity index (χ4n) is 3.29. The summed E-state index contributed by atoms with van der Waals surface area (Å²) in [4.78, 5) is 6.73. The first kappa shape index (κ1) is 22.8. The lowest BCUT2D eigenvalue weighted by molar-refractivity contribution is 0.384. The van der Waals surface area contributed by atoms with E-state index in [0.29, 0.717) is 42.6 Å². The molecule has 0 radical (unpaired) electrons. The molecule has 0 saturated carbocycles. The summed E-state index contributed by atoms with van der Waals surface area (Å²) < 4.78 is 40.5. The summed E-state index contributed by atoms with van der Waals surface area (Å²) >= 11 is 19.5. The van der Waals surface area contributed by atoms with Crippen LogP contribution in [0.2, 0.25) is 15.1 Å². The molecule has 3 aromatic rings. The first-order chi connectivity index (χ1) is 14.7. The summed E-state index contributed by atoms with van der Waals surface area (Å²) in [7, 11) is -3.74. The van der Waals surface area contributed by atoms with Gasteiger partial charge in [0.2, 0.25) is 10.0 Å². The standard InChI is InChI=1S/C20H17Cl3FN3O2S2/c21-14-2-1-13(17(22)10-14)9-15-12-30-20(25-15)26-5-7-27(8-6-26)31(28,29)16-3-4-19(24)18(23)11-16/h1-4,10-12H,5-9H2. The second kappa shape index (κ2) is 9.21. The van der Waals surface area contributed by atoms with Gasteiger partial charge in [-0.2, -0.15) is 4.31 Å². The van der Waals surface area contributed by atoms with Crippen molar-refractivity contribution in [3.63, 3.8) is 0 Å². The van der Waals surface area contributed by atoms with E-state index in [2.05, 4.69) is 9.88 Å². The molecule has 5 nitrogen and oxygen atoms in total. The second-order valence-electron chi connectivity index (χ2n) is 7.00. The molecule has 2 heterocycles. The quantitative estimate of drug-likeness (QED) is 0.455. The maximum atomic E-state index is 13.4. The van der Waals surface area contributed by atoms with E-state index in [1.807, 2.05) is 11.4 Å². The van der Waals surface area contributed by atoms with Gasteiger partial charge in [0.15, 0.2) is 5.13 Å². The van der Waals surface area contributed by atoms with Gasteiger partial charge in [-0.25, -0.2) is 17.8 Å². The van der Waals surface area contributed by atoms with E-state index in [9.17, 15) is 12.8 Å². The smallest absolute Gasteiger partial charge is 0.243 e. The minimum Gasteiger partial charge on any atom is -0.345 e. The molecule has 1 aromatic heterocycles. The summed E-state index contributed by atoms with van der Waals surface area (Å²) in [5.74, 6) is -0.648. The van der Waals surface area contributed by atoms with Gasteiger partial charge >= 0.3 is 0 Å². The summed E-state index contributed by atoms with van der Waals surface area (Å²) in [5.41, 5.74) is 1.83. The summed E-state index contributed by atoms with van der Waals surface area (Å²) in [5, 5.41) is 3.78. The van der Waals surface area contributed by atoms with Crippen molar-refractivity contribution in [1.82, 2.24) is 9.29 Å². The minimum absolute atomic E-state index is 0.0104. The van der Waals surface area contributed by atoms with Crippen molar-refractivity contribution in [1.29, 1.82) is 0 Å². The number of piperazine rings is 1. The monoisotopic (exact) mass is 519 g/mol. The molecule has 1 saturated heterocycles. The lowest BCUT2D eigenvalue weighted by Gasteiger charge is -2.33. The lowest BCUT2D eigenvalue weighted by Crippen LogP contribution is -2.48. The van der Waals surface area contributed by atoms with Gasteiger partial charge < -0.3 is 4.90 Å². The van der Waals surface area contributed by atoms with Crippen molar-refractivity contribution < 1.29 is 12.8 Å². The SMILES string of the molecule is O=S(=O)(c1ccc(F)c(Cl)c1)N1CCN(c2nc(Cc3ccc(Cl)cc3Cl)cs2)CC1. The molecule has 0 unspecified atom stereocenters. The van der Waals surface area contributed by atoms with Crippen molar-refractivity contribution in [3.05, 3.63) is 73.9 Å². The highest BCUT2D eigenvalue weighted by Crippen LogP contribution is 2.28. The summed E-state index contributed by atoms with van der Waals surface area (Å²) in [6.07, 6.45) is 0.589. The number of aromatic nitrogens is 1. The van der Waals surface area contributed by atoms with Gasteiger partial charge in [0.1, 0.15) is 5.82 Å². The molecule has 1 fully saturated rings. The molecule has 0 N–H and O–H groups in total. The molecule has 11 heteroatoms. The van der Waals surface area contributed by atoms with Crippen LogP contribution in [-0.4, -0.2) is 43.9 Å². The van der Waals surface area contributed by atoms with Crippen molar-refractivity contribution >= 4 is 61.3 Å². The van der Waals surface area contributed by atoms with E-state index in [1.165, 1.54) is 21.7 Å². The average Bonchev–Trinajstić information content (AvgIpc) is 3.21. The first-order valence-electron chi connectivity index (χ1n) is 9.32. The number of rotatable bonds is 5. The largest absolute Gasteiger partial charge is 0.345 e. The van der Waals surface area contributed by atoms with Crippen LogP contribution in [0.3, 0.4) is 0 Å². The fourth-order valence-corrected chi connectivity index (χ4v) is 6.34. The predicted octanol–water partition coefficient (Wildman–Crippen LogP) is 5.34. The van der Waals surface area contributed by atoms with E-state index >= 15 is 0 Å². The molecular formula is C20H17Cl3FN3O2S2. The van der Waals surface area contributed by atoms with Crippen molar-refractivity contribution in [2.45, 2.75) is 11.3 Å². The van der Waals surface area contributed by atoms with Crippen LogP contribution in [0.25, 0.3) is 0 Å². The van der Waals surface area contributed by atoms with Crippen LogP contribution in [0.5, 0.6) is 0 Å². The summed E-state index contributed by atoms with van der Waals surface area (Å²) in [6, 6.07) is 8.83. The third-order valence-electron chi connectivity index (χ3n) is 4.96. The number of benzene rings is 2. The Morgan fingerprint density at radius 2 is 1.74 bits per heavy atom. The number of anilines is 1. The van der Waals surface area contributed by atoms with Gasteiger partial charge in [-0.05, 0) is 35.9 Å². The molecule has 31 heavy (non-hydrogen) atoms. The van der Waals surface area contributed by atoms with Crippen LogP contribution >= 0.6 is 46.1 Å². The zero-order chi connectivity index (χ0) is 22.2. The minimum atomic E-state index is -3.74. The van der Waals surface area contributed by atoms with Gasteiger partial charge in [-0.15, -0.1) is 11.3 Å². The van der Waals surface area contributed by atoms with Crippen molar-refractivity contribution in [3.8, 4) is 0 Å². The average molecular weight is 521 g/mol. The Morgan fingerprint density at radius 3 is 2.42 bits per heavy atom. The Labute approximate surface area is 199 Å². The fraction of sp³-hybridized carbons (Fsp3) is 0.250. The Morgan fingerprint density at radius 1 is 1.00 bits per heavy atom. The number of halogens is 4. The normalized spacial score (nSPS) is 15.4. The van der Waals surface area contributed by atoms with Crippen LogP contribution < -0.4 is 4.90 Å². The van der Waals surface area contributed by atoms with Gasteiger partial charge in [0.25, 0.3) is 0 Å². The van der Waals surface area contributed by atoms with Gasteiger partial charge in [0, 0.05) is 48.0 Å². The Hall–Kier alpha value is -1.42. The maximum absolute atomic E-state index is 13.4. The molecule has 0 amide bonds. The second-order valence-corrected chi connectivity index (χ2v) is 11.0. The number of hydrogen-bond acceptors (Lipinski definition) is 5. The van der Waals surface area contributed by atoms with Crippen LogP contribution in [0.15, 0.2) is 46.7 Å². The van der Waals surface area contributed by atoms with E-state index in [0.717, 1.165) is 28.5 Å². The first-order valence-corrected chi connectivity index (χ1v) is 12.8. The molecule has 2 aromatic carbocycles. The molecule has 4 rings (SSSR count). The number of nitrogens with zero attached hydrogens (tertiary/aromatic N) is 3. The third-order valence-corrected chi connectivity index (χ3v) is 8.69. The molecular weight excluding hydrogens is 504 g/mol. The Balaban J connectivity index is 1.41. The third kappa shape index (κ3) is 4.99. The molecule has 0 spiro atoms. The molecule has 1 aliphatic heterocycles. The van der Waals surface area contributed by atoms with E-state index < -0.39 is 15.8 Å². The highest BCUT2D eigenvalue weighted by molar-refractivity contribution is 7.89. The van der Waals surface area contributed by atoms with Gasteiger partial charge in [-0.1, -0.05) is 40.9 Å². The predicted molar refractivity (Wildman–Crippen MR) is 124 cm³/mol. The highest BCUT2D eigenvalue weighted by atomic mass is 35.5. The molecule has 0 atom stereocenters. The van der Waals surface area contributed by atoms with Crippen LogP contribution in [-0.2, 0) is 16.4 Å². The van der Waals surface area contributed by atoms with Crippen LogP contribution in [0.4, 0.5) is 9.52 Å². The Bertz CT molecular complexity index is 1210. The van der Waals surface area contributed by atoms with Crippen LogP contribution in [0, 0.1) is 5.82 Å². The molecule has 0 bridgehead atoms. The topological polar surface area (TPSA) is 53.5 Å². The highest BCUT2D eigenvalue weighted by Gasteiger charge is 2.30. The zero-order valence-corrected chi connectivity index (χ0v) is 20.0. The number of thiazole rings is 1. The number of sulfonamides is 1. The van der Waals surface area contributed by atoms with E-state index in [4.69, 9.17) is 34.8 Å². The van der Waals surface area contributed by atoms with E-state index in [-0.39, 0.29) is 9.92 Å². The molecule has 0 aliphatic carbocycles. The molecule has 164 valence electrons.